The standard InChI is InChI=1S/C15H10F2N6O/c16-8-1-2-10(17)9(7-8)13-14(23-5-6-24-15(23)19-13)11-3-4-12(20-18)22-21-11/h1-7H,18H2,(H,20,22). The van der Waals surface area contributed by atoms with Crippen LogP contribution in [0.4, 0.5) is 14.6 Å². The van der Waals surface area contributed by atoms with E-state index in [-0.39, 0.29) is 17.1 Å². The molecule has 0 unspecified atom stereocenters. The highest BCUT2D eigenvalue weighted by Crippen LogP contribution is 2.33. The zero-order chi connectivity index (χ0) is 16.7. The maximum atomic E-state index is 14.2. The van der Waals surface area contributed by atoms with Crippen LogP contribution in [0.1, 0.15) is 0 Å². The highest BCUT2D eigenvalue weighted by Gasteiger charge is 2.21. The summed E-state index contributed by atoms with van der Waals surface area (Å²) in [5, 5.41) is 7.94. The number of nitrogens with one attached hydrogen (secondary N) is 1. The van der Waals surface area contributed by atoms with E-state index in [4.69, 9.17) is 10.3 Å². The molecule has 1 aromatic carbocycles. The van der Waals surface area contributed by atoms with Crippen molar-refractivity contribution in [3.63, 3.8) is 0 Å². The fourth-order valence-corrected chi connectivity index (χ4v) is 2.43. The van der Waals surface area contributed by atoms with E-state index < -0.39 is 11.6 Å². The number of anilines is 1. The summed E-state index contributed by atoms with van der Waals surface area (Å²) in [6.45, 7) is 0. The molecule has 0 atom stereocenters. The van der Waals surface area contributed by atoms with Gasteiger partial charge in [0, 0.05) is 11.8 Å². The number of rotatable bonds is 3. The Bertz CT molecular complexity index is 1020. The molecule has 3 aromatic heterocycles. The number of hydrogen-bond acceptors (Lipinski definition) is 6. The molecule has 0 radical (unpaired) electrons. The van der Waals surface area contributed by atoms with E-state index in [9.17, 15) is 8.78 Å². The Morgan fingerprint density at radius 2 is 2.00 bits per heavy atom. The fraction of sp³-hybridized carbons (Fsp3) is 0. The van der Waals surface area contributed by atoms with Crippen LogP contribution in [0.3, 0.4) is 0 Å². The summed E-state index contributed by atoms with van der Waals surface area (Å²) in [5.41, 5.74) is 3.41. The van der Waals surface area contributed by atoms with Crippen molar-refractivity contribution in [2.45, 2.75) is 0 Å². The first kappa shape index (κ1) is 14.3. The monoisotopic (exact) mass is 328 g/mol. The fourth-order valence-electron chi connectivity index (χ4n) is 2.43. The van der Waals surface area contributed by atoms with Crippen molar-refractivity contribution in [1.82, 2.24) is 19.6 Å². The number of halogens is 2. The number of nitrogens with zero attached hydrogens (tertiary/aromatic N) is 4. The Hall–Kier alpha value is -3.33. The third kappa shape index (κ3) is 2.18. The number of hydrazine groups is 1. The molecule has 4 aromatic rings. The summed E-state index contributed by atoms with van der Waals surface area (Å²) in [4.78, 5) is 4.25. The number of nitrogen functional groups attached to an aromatic ring is 1. The molecule has 0 aliphatic carbocycles. The molecule has 7 nitrogen and oxygen atoms in total. The van der Waals surface area contributed by atoms with Crippen LogP contribution >= 0.6 is 0 Å². The van der Waals surface area contributed by atoms with E-state index in [2.05, 4.69) is 20.6 Å². The van der Waals surface area contributed by atoms with Gasteiger partial charge in [0.1, 0.15) is 35.0 Å². The first-order chi connectivity index (χ1) is 11.7. The van der Waals surface area contributed by atoms with Gasteiger partial charge in [-0.2, -0.15) is 4.98 Å². The van der Waals surface area contributed by atoms with Crippen molar-refractivity contribution in [2.24, 2.45) is 5.84 Å². The Kier molecular flexibility index (Phi) is 3.21. The summed E-state index contributed by atoms with van der Waals surface area (Å²) in [7, 11) is 0. The van der Waals surface area contributed by atoms with Gasteiger partial charge in [0.05, 0.1) is 0 Å². The maximum absolute atomic E-state index is 14.2. The molecular weight excluding hydrogens is 318 g/mol. The molecule has 24 heavy (non-hydrogen) atoms. The maximum Gasteiger partial charge on any atom is 0.306 e. The Labute approximate surface area is 133 Å². The Balaban J connectivity index is 1.99. The molecule has 0 saturated carbocycles. The quantitative estimate of drug-likeness (QED) is 0.443. The van der Waals surface area contributed by atoms with Crippen molar-refractivity contribution >= 4 is 11.7 Å². The van der Waals surface area contributed by atoms with Gasteiger partial charge >= 0.3 is 5.84 Å². The molecular formula is C15H10F2N6O. The average molecular weight is 328 g/mol. The Morgan fingerprint density at radius 1 is 1.12 bits per heavy atom. The minimum Gasteiger partial charge on any atom is -0.432 e. The molecule has 120 valence electrons. The summed E-state index contributed by atoms with van der Waals surface area (Å²) >= 11 is 0. The van der Waals surface area contributed by atoms with E-state index in [0.717, 1.165) is 18.2 Å². The van der Waals surface area contributed by atoms with Crippen LogP contribution in [0.15, 0.2) is 47.2 Å². The number of oxazole rings is 1. The molecule has 0 bridgehead atoms. The van der Waals surface area contributed by atoms with Gasteiger partial charge in [-0.3, -0.25) is 4.40 Å². The second-order valence-electron chi connectivity index (χ2n) is 4.94. The number of fused-ring (bicyclic) bond motifs is 1. The smallest absolute Gasteiger partial charge is 0.306 e. The van der Waals surface area contributed by atoms with Crippen LogP contribution in [-0.2, 0) is 0 Å². The third-order valence-corrected chi connectivity index (χ3v) is 3.50. The molecule has 9 heteroatoms. The summed E-state index contributed by atoms with van der Waals surface area (Å²) < 4.78 is 34.6. The van der Waals surface area contributed by atoms with Gasteiger partial charge in [0.15, 0.2) is 5.82 Å². The van der Waals surface area contributed by atoms with Crippen LogP contribution in [0.5, 0.6) is 0 Å². The molecule has 0 fully saturated rings. The third-order valence-electron chi connectivity index (χ3n) is 3.50. The van der Waals surface area contributed by atoms with Crippen LogP contribution in [-0.4, -0.2) is 19.6 Å². The van der Waals surface area contributed by atoms with E-state index in [1.807, 2.05) is 0 Å². The molecule has 0 amide bonds. The lowest BCUT2D eigenvalue weighted by Gasteiger charge is -2.05. The largest absolute Gasteiger partial charge is 0.432 e. The minimum atomic E-state index is -0.605. The average Bonchev–Trinajstić information content (AvgIpc) is 3.18. The first-order valence-electron chi connectivity index (χ1n) is 6.89. The van der Waals surface area contributed by atoms with Crippen molar-refractivity contribution in [1.29, 1.82) is 0 Å². The molecule has 0 saturated heterocycles. The van der Waals surface area contributed by atoms with E-state index in [1.165, 1.54) is 6.26 Å². The van der Waals surface area contributed by atoms with Crippen LogP contribution in [0.25, 0.3) is 28.5 Å². The number of imidazole rings is 1. The van der Waals surface area contributed by atoms with Crippen LogP contribution in [0, 0.1) is 11.6 Å². The van der Waals surface area contributed by atoms with Crippen molar-refractivity contribution in [3.05, 3.63) is 54.4 Å². The zero-order valence-electron chi connectivity index (χ0n) is 12.1. The van der Waals surface area contributed by atoms with E-state index in [1.54, 1.807) is 22.7 Å². The van der Waals surface area contributed by atoms with E-state index in [0.29, 0.717) is 17.2 Å². The normalized spacial score (nSPS) is 11.1. The lowest BCUT2D eigenvalue weighted by atomic mass is 10.1. The lowest BCUT2D eigenvalue weighted by Crippen LogP contribution is -2.09. The van der Waals surface area contributed by atoms with Gasteiger partial charge in [-0.05, 0) is 30.3 Å². The number of hydrogen-bond donors (Lipinski definition) is 2. The first-order valence-corrected chi connectivity index (χ1v) is 6.89. The molecule has 3 heterocycles. The van der Waals surface area contributed by atoms with E-state index >= 15 is 0 Å². The predicted molar refractivity (Wildman–Crippen MR) is 81.6 cm³/mol. The van der Waals surface area contributed by atoms with Crippen molar-refractivity contribution < 1.29 is 13.2 Å². The van der Waals surface area contributed by atoms with Gasteiger partial charge < -0.3 is 9.84 Å². The van der Waals surface area contributed by atoms with Crippen molar-refractivity contribution in [2.75, 3.05) is 5.43 Å². The van der Waals surface area contributed by atoms with Gasteiger partial charge in [-0.1, -0.05) is 0 Å². The summed E-state index contributed by atoms with van der Waals surface area (Å²) in [6.07, 6.45) is 3.04. The molecule has 4 rings (SSSR count). The SMILES string of the molecule is NNc1ccc(-c2c(-c3cc(F)ccc3F)nc3occn23)nn1. The number of nitrogens with two attached hydrogens (primary N) is 1. The van der Waals surface area contributed by atoms with Gasteiger partial charge in [0.2, 0.25) is 0 Å². The molecule has 0 aliphatic heterocycles. The minimum absolute atomic E-state index is 0.00623. The highest BCUT2D eigenvalue weighted by molar-refractivity contribution is 5.79. The summed E-state index contributed by atoms with van der Waals surface area (Å²) in [6, 6.07) is 6.40. The van der Waals surface area contributed by atoms with Crippen LogP contribution in [0.2, 0.25) is 0 Å². The van der Waals surface area contributed by atoms with Crippen molar-refractivity contribution in [3.8, 4) is 22.6 Å². The zero-order valence-corrected chi connectivity index (χ0v) is 12.1. The topological polar surface area (TPSA) is 94.3 Å². The molecule has 3 N–H and O–H groups in total. The predicted octanol–water partition coefficient (Wildman–Crippen LogP) is 2.62. The lowest BCUT2D eigenvalue weighted by molar-refractivity contribution is 0.594. The van der Waals surface area contributed by atoms with Gasteiger partial charge in [-0.15, -0.1) is 10.2 Å². The summed E-state index contributed by atoms with van der Waals surface area (Å²) in [5.74, 6) is 4.69. The second kappa shape index (κ2) is 5.39. The number of aromatic nitrogens is 4. The van der Waals surface area contributed by atoms with Gasteiger partial charge in [0.25, 0.3) is 0 Å². The highest BCUT2D eigenvalue weighted by atomic mass is 19.1. The second-order valence-corrected chi connectivity index (χ2v) is 4.94. The molecule has 0 spiro atoms. The Morgan fingerprint density at radius 3 is 2.75 bits per heavy atom. The molecule has 0 aliphatic rings. The van der Waals surface area contributed by atoms with Gasteiger partial charge in [-0.25, -0.2) is 14.6 Å². The number of benzene rings is 1. The van der Waals surface area contributed by atoms with Crippen LogP contribution < -0.4 is 11.3 Å².